The Balaban J connectivity index is 4.32. The van der Waals surface area contributed by atoms with Crippen LogP contribution in [0.4, 0.5) is 0 Å². The molecule has 5 heteroatoms. The molecule has 0 aromatic heterocycles. The van der Waals surface area contributed by atoms with Crippen LogP contribution < -0.4 is 0 Å². The Morgan fingerprint density at radius 3 is 1.11 bits per heavy atom. The van der Waals surface area contributed by atoms with E-state index in [-0.39, 0.29) is 25.2 Å². The van der Waals surface area contributed by atoms with Crippen LogP contribution >= 0.6 is 0 Å². The first-order chi connectivity index (χ1) is 32.6. The number of hydrogen-bond acceptors (Lipinski definition) is 5. The van der Waals surface area contributed by atoms with Crippen LogP contribution in [0, 0.1) is 0 Å². The second kappa shape index (κ2) is 56.4. The number of carbonyl (C=O) groups excluding carboxylic acids is 2. The lowest BCUT2D eigenvalue weighted by atomic mass is 10.1. The molecule has 0 aliphatic heterocycles. The van der Waals surface area contributed by atoms with Crippen LogP contribution in [0.15, 0.2) is 85.1 Å². The maximum atomic E-state index is 12.9. The molecule has 1 atom stereocenters. The maximum Gasteiger partial charge on any atom is 0.306 e. The summed E-state index contributed by atoms with van der Waals surface area (Å²) in [6.07, 6.45) is 74.5. The molecule has 0 aromatic rings. The zero-order valence-corrected chi connectivity index (χ0v) is 43.7. The second-order valence-electron chi connectivity index (χ2n) is 18.4. The number of ether oxygens (including phenoxy) is 3. The van der Waals surface area contributed by atoms with E-state index in [9.17, 15) is 9.59 Å². The van der Waals surface area contributed by atoms with Gasteiger partial charge in [-0.25, -0.2) is 0 Å². The summed E-state index contributed by atoms with van der Waals surface area (Å²) < 4.78 is 17.5. The number of rotatable bonds is 51. The highest BCUT2D eigenvalue weighted by Gasteiger charge is 2.17. The molecule has 0 heterocycles. The fourth-order valence-electron chi connectivity index (χ4n) is 7.77. The lowest BCUT2D eigenvalue weighted by Crippen LogP contribution is -2.30. The number of hydrogen-bond donors (Lipinski definition) is 0. The predicted molar refractivity (Wildman–Crippen MR) is 288 cm³/mol. The Morgan fingerprint density at radius 1 is 0.348 bits per heavy atom. The summed E-state index contributed by atoms with van der Waals surface area (Å²) in [4.78, 5) is 25.5. The lowest BCUT2D eigenvalue weighted by Gasteiger charge is -2.18. The normalized spacial score (nSPS) is 12.8. The van der Waals surface area contributed by atoms with Crippen molar-refractivity contribution in [3.05, 3.63) is 85.1 Å². The van der Waals surface area contributed by atoms with Gasteiger partial charge in [0.05, 0.1) is 6.61 Å². The first kappa shape index (κ1) is 63.1. The van der Waals surface area contributed by atoms with Crippen molar-refractivity contribution in [2.24, 2.45) is 0 Å². The molecule has 0 aliphatic carbocycles. The van der Waals surface area contributed by atoms with Crippen LogP contribution in [0.2, 0.25) is 0 Å². The van der Waals surface area contributed by atoms with Gasteiger partial charge in [0, 0.05) is 19.4 Å². The summed E-state index contributed by atoms with van der Waals surface area (Å²) >= 11 is 0. The van der Waals surface area contributed by atoms with Gasteiger partial charge in [0.25, 0.3) is 0 Å². The molecule has 0 aliphatic rings. The lowest BCUT2D eigenvalue weighted by molar-refractivity contribution is -0.163. The van der Waals surface area contributed by atoms with E-state index in [0.29, 0.717) is 19.4 Å². The van der Waals surface area contributed by atoms with Crippen molar-refractivity contribution in [2.45, 2.75) is 271 Å². The molecule has 0 amide bonds. The molecular formula is C61H106O5. The van der Waals surface area contributed by atoms with E-state index in [1.807, 2.05) is 0 Å². The molecule has 0 saturated carbocycles. The van der Waals surface area contributed by atoms with E-state index < -0.39 is 6.10 Å². The number of carbonyl (C=O) groups is 2. The predicted octanol–water partition coefficient (Wildman–Crippen LogP) is 19.2. The standard InChI is InChI=1S/C61H106O5/c1-4-7-10-13-16-19-22-25-28-31-33-36-39-42-45-48-51-54-60(62)65-58-59(57-64-56-53-50-47-44-41-38-35-30-27-24-21-18-15-12-9-6-3)66-61(63)55-52-49-46-43-40-37-34-32-29-26-23-20-17-14-11-8-5-2/h7-8,10-11,16-17,19-20,25-30,59H,4-6,9,12-15,18,21-24,31-58H2,1-3H3/b10-7-,11-8-,19-16-,20-17-,28-25-,29-26-,30-27-. The highest BCUT2D eigenvalue weighted by molar-refractivity contribution is 5.70. The van der Waals surface area contributed by atoms with Crippen molar-refractivity contribution in [3.8, 4) is 0 Å². The SMILES string of the molecule is CC/C=C\C/C=C\C/C=C\CCCCCCCCCC(=O)OCC(COCCCCCCCC/C=C\CCCCCCCC)OC(=O)CCCCCCCCC/C=C\C/C=C\C/C=C\CC. The van der Waals surface area contributed by atoms with Gasteiger partial charge < -0.3 is 14.2 Å². The monoisotopic (exact) mass is 919 g/mol. The van der Waals surface area contributed by atoms with Gasteiger partial charge in [-0.3, -0.25) is 9.59 Å². The minimum atomic E-state index is -0.553. The van der Waals surface area contributed by atoms with Crippen molar-refractivity contribution in [3.63, 3.8) is 0 Å². The van der Waals surface area contributed by atoms with E-state index in [0.717, 1.165) is 103 Å². The highest BCUT2D eigenvalue weighted by atomic mass is 16.6. The molecule has 0 N–H and O–H groups in total. The van der Waals surface area contributed by atoms with Gasteiger partial charge in [-0.2, -0.15) is 0 Å². The van der Waals surface area contributed by atoms with Gasteiger partial charge in [0.15, 0.2) is 6.10 Å². The Bertz CT molecular complexity index is 1220. The van der Waals surface area contributed by atoms with Crippen LogP contribution in [-0.4, -0.2) is 37.9 Å². The molecule has 66 heavy (non-hydrogen) atoms. The number of esters is 2. The minimum Gasteiger partial charge on any atom is -0.462 e. The summed E-state index contributed by atoms with van der Waals surface area (Å²) in [6, 6.07) is 0. The second-order valence-corrected chi connectivity index (χ2v) is 18.4. The van der Waals surface area contributed by atoms with Crippen molar-refractivity contribution < 1.29 is 23.8 Å². The topological polar surface area (TPSA) is 61.8 Å². The fraction of sp³-hybridized carbons (Fsp3) is 0.738. The van der Waals surface area contributed by atoms with Gasteiger partial charge in [0.1, 0.15) is 6.61 Å². The third-order valence-corrected chi connectivity index (χ3v) is 11.9. The molecular weight excluding hydrogens is 813 g/mol. The van der Waals surface area contributed by atoms with Gasteiger partial charge in [-0.1, -0.05) is 228 Å². The average molecular weight is 920 g/mol. The van der Waals surface area contributed by atoms with Gasteiger partial charge in [-0.05, 0) is 109 Å². The summed E-state index contributed by atoms with van der Waals surface area (Å²) in [5.74, 6) is -0.419. The summed E-state index contributed by atoms with van der Waals surface area (Å²) in [7, 11) is 0. The molecule has 1 unspecified atom stereocenters. The van der Waals surface area contributed by atoms with Crippen LogP contribution in [-0.2, 0) is 23.8 Å². The van der Waals surface area contributed by atoms with Crippen molar-refractivity contribution in [2.75, 3.05) is 19.8 Å². The van der Waals surface area contributed by atoms with E-state index in [2.05, 4.69) is 106 Å². The quantitative estimate of drug-likeness (QED) is 0.0346. The maximum absolute atomic E-state index is 12.9. The van der Waals surface area contributed by atoms with Crippen LogP contribution in [0.5, 0.6) is 0 Å². The van der Waals surface area contributed by atoms with Crippen molar-refractivity contribution >= 4 is 11.9 Å². The third-order valence-electron chi connectivity index (χ3n) is 11.9. The van der Waals surface area contributed by atoms with Gasteiger partial charge in [0.2, 0.25) is 0 Å². The summed E-state index contributed by atoms with van der Waals surface area (Å²) in [5, 5.41) is 0. The molecule has 0 fully saturated rings. The van der Waals surface area contributed by atoms with Crippen LogP contribution in [0.3, 0.4) is 0 Å². The van der Waals surface area contributed by atoms with Crippen molar-refractivity contribution in [1.29, 1.82) is 0 Å². The molecule has 380 valence electrons. The summed E-state index contributed by atoms with van der Waals surface area (Å²) in [6.45, 7) is 7.59. The molecule has 0 rings (SSSR count). The van der Waals surface area contributed by atoms with Crippen LogP contribution in [0.25, 0.3) is 0 Å². The molecule has 0 spiro atoms. The van der Waals surface area contributed by atoms with Crippen molar-refractivity contribution in [1.82, 2.24) is 0 Å². The fourth-order valence-corrected chi connectivity index (χ4v) is 7.77. The van der Waals surface area contributed by atoms with E-state index in [1.165, 1.54) is 128 Å². The molecule has 5 nitrogen and oxygen atoms in total. The molecule has 0 saturated heterocycles. The van der Waals surface area contributed by atoms with E-state index in [4.69, 9.17) is 14.2 Å². The zero-order chi connectivity index (χ0) is 47.7. The zero-order valence-electron chi connectivity index (χ0n) is 43.7. The Hall–Kier alpha value is -2.92. The Kier molecular flexibility index (Phi) is 53.9. The number of unbranched alkanes of at least 4 members (excludes halogenated alkanes) is 26. The molecule has 0 radical (unpaired) electrons. The van der Waals surface area contributed by atoms with Gasteiger partial charge >= 0.3 is 11.9 Å². The third kappa shape index (κ3) is 53.7. The minimum absolute atomic E-state index is 0.0710. The molecule has 0 aromatic carbocycles. The van der Waals surface area contributed by atoms with Crippen LogP contribution in [0.1, 0.15) is 265 Å². The van der Waals surface area contributed by atoms with E-state index in [1.54, 1.807) is 0 Å². The first-order valence-electron chi connectivity index (χ1n) is 28.1. The Labute approximate surface area is 409 Å². The Morgan fingerprint density at radius 2 is 0.682 bits per heavy atom. The molecule has 0 bridgehead atoms. The van der Waals surface area contributed by atoms with E-state index >= 15 is 0 Å². The smallest absolute Gasteiger partial charge is 0.306 e. The largest absolute Gasteiger partial charge is 0.462 e. The number of allylic oxidation sites excluding steroid dienone is 14. The van der Waals surface area contributed by atoms with Gasteiger partial charge in [-0.15, -0.1) is 0 Å². The highest BCUT2D eigenvalue weighted by Crippen LogP contribution is 2.14. The average Bonchev–Trinajstić information content (AvgIpc) is 3.32. The first-order valence-corrected chi connectivity index (χ1v) is 28.1. The summed E-state index contributed by atoms with van der Waals surface area (Å²) in [5.41, 5.74) is 0.